The zero-order chi connectivity index (χ0) is 18.6. The van der Waals surface area contributed by atoms with E-state index >= 15 is 0 Å². The van der Waals surface area contributed by atoms with E-state index in [9.17, 15) is 5.11 Å². The van der Waals surface area contributed by atoms with Crippen LogP contribution in [0.25, 0.3) is 4.85 Å². The Bertz CT molecular complexity index is 404. The first-order valence-electron chi connectivity index (χ1n) is 9.57. The summed E-state index contributed by atoms with van der Waals surface area (Å²) in [7, 11) is 0. The smallest absolute Gasteiger partial charge is 0.295 e. The Hall–Kier alpha value is -1.21. The average molecular weight is 340 g/mol. The normalized spacial score (nSPS) is 13.1. The van der Waals surface area contributed by atoms with Crippen LogP contribution in [0.4, 0.5) is 0 Å². The van der Waals surface area contributed by atoms with Crippen molar-refractivity contribution in [3.05, 3.63) is 23.1 Å². The third kappa shape index (κ3) is 9.17. The first kappa shape index (κ1) is 22.8. The third-order valence-corrected chi connectivity index (χ3v) is 4.79. The van der Waals surface area contributed by atoms with Crippen molar-refractivity contribution >= 4 is 0 Å². The molecular formula is C20H39N2O2+. The predicted octanol–water partition coefficient (Wildman–Crippen LogP) is 5.38. The molecular weight excluding hydrogens is 300 g/mol. The minimum atomic E-state index is -0.165. The van der Waals surface area contributed by atoms with Crippen LogP contribution >= 0.6 is 0 Å². The molecule has 0 aromatic heterocycles. The third-order valence-electron chi connectivity index (χ3n) is 4.79. The molecule has 0 spiro atoms. The fraction of sp³-hybridized carbons (Fsp3) is 0.850. The van der Waals surface area contributed by atoms with Gasteiger partial charge in [0.1, 0.15) is 6.54 Å². The molecule has 140 valence electrons. The number of aliphatic hydroxyl groups excluding tert-OH is 1. The van der Waals surface area contributed by atoms with Gasteiger partial charge in [-0.1, -0.05) is 27.7 Å². The number of hydrogen-bond acceptors (Lipinski definition) is 2. The van der Waals surface area contributed by atoms with E-state index in [0.717, 1.165) is 43.4 Å². The highest BCUT2D eigenvalue weighted by molar-refractivity contribution is 5.11. The summed E-state index contributed by atoms with van der Waals surface area (Å²) in [6, 6.07) is 0. The lowest BCUT2D eigenvalue weighted by atomic mass is 10.1. The lowest BCUT2D eigenvalue weighted by Gasteiger charge is -2.37. The second-order valence-electron chi connectivity index (χ2n) is 7.64. The fourth-order valence-electron chi connectivity index (χ4n) is 2.89. The van der Waals surface area contributed by atoms with Gasteiger partial charge in [0.05, 0.1) is 32.8 Å². The Morgan fingerprint density at radius 1 is 1.04 bits per heavy atom. The zero-order valence-electron chi connectivity index (χ0n) is 16.8. The molecule has 0 aromatic rings. The van der Waals surface area contributed by atoms with Crippen molar-refractivity contribution in [2.45, 2.75) is 67.2 Å². The van der Waals surface area contributed by atoms with Crippen molar-refractivity contribution in [2.24, 2.45) is 11.8 Å². The molecule has 0 saturated carbocycles. The van der Waals surface area contributed by atoms with E-state index in [1.807, 2.05) is 0 Å². The average Bonchev–Trinajstić information content (AvgIpc) is 2.54. The van der Waals surface area contributed by atoms with Gasteiger partial charge in [0, 0.05) is 0 Å². The molecule has 24 heavy (non-hydrogen) atoms. The van der Waals surface area contributed by atoms with Crippen molar-refractivity contribution in [3.63, 3.8) is 0 Å². The molecule has 0 aliphatic heterocycles. The number of nitrogens with zero attached hydrogens (tertiary/aromatic N) is 2. The van der Waals surface area contributed by atoms with Gasteiger partial charge in [-0.25, -0.2) is 4.85 Å². The van der Waals surface area contributed by atoms with E-state index in [1.54, 1.807) is 0 Å². The monoisotopic (exact) mass is 339 g/mol. The van der Waals surface area contributed by atoms with Gasteiger partial charge in [-0.05, 0) is 51.4 Å². The number of rotatable bonds is 13. The van der Waals surface area contributed by atoms with Crippen LogP contribution < -0.4 is 0 Å². The zero-order valence-corrected chi connectivity index (χ0v) is 16.8. The van der Waals surface area contributed by atoms with Gasteiger partial charge in [-0.15, -0.1) is 0 Å². The number of hydrogen-bond donors (Lipinski definition) is 1. The largest absolute Gasteiger partial charge is 0.489 e. The summed E-state index contributed by atoms with van der Waals surface area (Å²) < 4.78 is 6.27. The highest BCUT2D eigenvalue weighted by Crippen LogP contribution is 2.18. The number of ether oxygens (including phenoxy) is 1. The topological polar surface area (TPSA) is 33.8 Å². The van der Waals surface area contributed by atoms with Crippen molar-refractivity contribution < 1.29 is 14.3 Å². The van der Waals surface area contributed by atoms with Crippen LogP contribution in [0.2, 0.25) is 0 Å². The second kappa shape index (κ2) is 12.2. The molecule has 0 aromatic carbocycles. The lowest BCUT2D eigenvalue weighted by Crippen LogP contribution is -2.49. The maximum absolute atomic E-state index is 10.2. The van der Waals surface area contributed by atoms with Crippen molar-refractivity contribution in [1.29, 1.82) is 0 Å². The van der Waals surface area contributed by atoms with Gasteiger partial charge in [-0.2, -0.15) is 0 Å². The van der Waals surface area contributed by atoms with Crippen LogP contribution in [0.3, 0.4) is 0 Å². The maximum Gasteiger partial charge on any atom is 0.295 e. The number of likely N-dealkylation sites (N-methyl/N-ethyl adjacent to an activating group) is 1. The molecule has 0 rings (SSSR count). The summed E-state index contributed by atoms with van der Waals surface area (Å²) in [5.74, 6) is 1.17. The molecule has 0 unspecified atom stereocenters. The van der Waals surface area contributed by atoms with E-state index in [1.165, 1.54) is 6.42 Å². The molecule has 0 amide bonds. The molecule has 1 N–H and O–H groups in total. The Morgan fingerprint density at radius 2 is 1.58 bits per heavy atom. The van der Waals surface area contributed by atoms with Crippen LogP contribution in [0, 0.1) is 18.4 Å². The summed E-state index contributed by atoms with van der Waals surface area (Å²) >= 11 is 0. The summed E-state index contributed by atoms with van der Waals surface area (Å²) in [5, 5.41) is 10.2. The number of aliphatic hydroxyl groups is 1. The molecule has 0 aliphatic rings. The van der Waals surface area contributed by atoms with Crippen molar-refractivity contribution in [2.75, 3.05) is 32.8 Å². The van der Waals surface area contributed by atoms with Gasteiger partial charge < -0.3 is 14.3 Å². The van der Waals surface area contributed by atoms with E-state index in [4.69, 9.17) is 11.3 Å². The van der Waals surface area contributed by atoms with Crippen LogP contribution in [0.1, 0.15) is 67.2 Å². The Morgan fingerprint density at radius 3 is 2.04 bits per heavy atom. The molecule has 0 atom stereocenters. The molecule has 0 radical (unpaired) electrons. The van der Waals surface area contributed by atoms with Gasteiger partial charge in [-0.3, -0.25) is 0 Å². The van der Waals surface area contributed by atoms with E-state index in [-0.39, 0.29) is 5.95 Å². The molecule has 0 bridgehead atoms. The van der Waals surface area contributed by atoms with E-state index in [2.05, 4.69) is 46.4 Å². The van der Waals surface area contributed by atoms with Gasteiger partial charge in [0.15, 0.2) is 0 Å². The SMILES string of the molecule is [C-]#[N+]C(C[N+](CC)(CC)CCCC(C)C)=C(O)OCCCC(C)C. The van der Waals surface area contributed by atoms with Crippen LogP contribution in [0.5, 0.6) is 0 Å². The van der Waals surface area contributed by atoms with Crippen molar-refractivity contribution in [3.8, 4) is 0 Å². The van der Waals surface area contributed by atoms with Gasteiger partial charge in [0.25, 0.3) is 11.6 Å². The minimum absolute atomic E-state index is 0.165. The van der Waals surface area contributed by atoms with E-state index in [0.29, 0.717) is 30.7 Å². The van der Waals surface area contributed by atoms with Gasteiger partial charge >= 0.3 is 0 Å². The van der Waals surface area contributed by atoms with Crippen LogP contribution in [0.15, 0.2) is 11.6 Å². The first-order valence-corrected chi connectivity index (χ1v) is 9.57. The molecule has 4 heteroatoms. The lowest BCUT2D eigenvalue weighted by molar-refractivity contribution is -0.920. The quantitative estimate of drug-likeness (QED) is 0.212. The minimum Gasteiger partial charge on any atom is -0.489 e. The Kier molecular flexibility index (Phi) is 11.6. The van der Waals surface area contributed by atoms with Crippen LogP contribution in [-0.4, -0.2) is 42.4 Å². The van der Waals surface area contributed by atoms with Gasteiger partial charge in [0.2, 0.25) is 0 Å². The Labute approximate surface area is 149 Å². The summed E-state index contributed by atoms with van der Waals surface area (Å²) in [4.78, 5) is 3.56. The predicted molar refractivity (Wildman–Crippen MR) is 101 cm³/mol. The molecule has 0 heterocycles. The summed E-state index contributed by atoms with van der Waals surface area (Å²) in [6.45, 7) is 24.6. The highest BCUT2D eigenvalue weighted by atomic mass is 16.6. The van der Waals surface area contributed by atoms with Crippen molar-refractivity contribution in [1.82, 2.24) is 0 Å². The van der Waals surface area contributed by atoms with Crippen LogP contribution in [-0.2, 0) is 4.74 Å². The second-order valence-corrected chi connectivity index (χ2v) is 7.64. The standard InChI is InChI=1S/C20H38N2O2/c1-8-22(9-2,14-10-12-17(3)4)16-19(21-7)20(23)24-15-11-13-18(5)6/h17-18H,8-16H2,1-6H3/p+1. The summed E-state index contributed by atoms with van der Waals surface area (Å²) in [5.41, 5.74) is 0.368. The fourth-order valence-corrected chi connectivity index (χ4v) is 2.89. The highest BCUT2D eigenvalue weighted by Gasteiger charge is 2.27. The molecule has 0 saturated heterocycles. The molecule has 0 aliphatic carbocycles. The Balaban J connectivity index is 4.80. The molecule has 4 nitrogen and oxygen atoms in total. The number of quaternary nitrogens is 1. The summed E-state index contributed by atoms with van der Waals surface area (Å²) in [6.07, 6.45) is 4.33. The first-order chi connectivity index (χ1) is 11.3. The maximum atomic E-state index is 10.2. The van der Waals surface area contributed by atoms with E-state index < -0.39 is 0 Å². The molecule has 0 fully saturated rings.